The second kappa shape index (κ2) is 7.68. The van der Waals surface area contributed by atoms with Crippen molar-refractivity contribution in [3.05, 3.63) is 47.0 Å². The third-order valence-electron chi connectivity index (χ3n) is 4.95. The average molecular weight is 356 g/mol. The first-order valence-electron chi connectivity index (χ1n) is 8.60. The van der Waals surface area contributed by atoms with Gasteiger partial charge in [-0.25, -0.2) is 0 Å². The Morgan fingerprint density at radius 2 is 1.54 bits per heavy atom. The molecule has 0 amide bonds. The quantitative estimate of drug-likeness (QED) is 0.764. The number of carbonyl (C=O) groups excluding carboxylic acids is 1. The summed E-state index contributed by atoms with van der Waals surface area (Å²) in [6.45, 7) is 0. The van der Waals surface area contributed by atoms with Crippen LogP contribution >= 0.6 is 0 Å². The summed E-state index contributed by atoms with van der Waals surface area (Å²) in [5, 5.41) is 0. The fraction of sp³-hybridized carbons (Fsp3) is 0.381. The van der Waals surface area contributed by atoms with E-state index in [-0.39, 0.29) is 11.7 Å². The molecule has 0 saturated heterocycles. The van der Waals surface area contributed by atoms with Crippen LogP contribution in [0.3, 0.4) is 0 Å². The highest BCUT2D eigenvalue weighted by molar-refractivity contribution is 5.82. The monoisotopic (exact) mass is 356 g/mol. The van der Waals surface area contributed by atoms with Gasteiger partial charge in [0.25, 0.3) is 0 Å². The molecule has 0 N–H and O–H groups in total. The van der Waals surface area contributed by atoms with Crippen LogP contribution in [0.15, 0.2) is 30.3 Å². The Morgan fingerprint density at radius 3 is 2.12 bits per heavy atom. The molecule has 0 saturated carbocycles. The number of Topliss-reactive ketones (excluding diaryl/α,β-unsaturated/α-hetero) is 1. The molecule has 1 aliphatic rings. The minimum absolute atomic E-state index is 0.0559. The maximum absolute atomic E-state index is 12.4. The predicted molar refractivity (Wildman–Crippen MR) is 98.9 cm³/mol. The Balaban J connectivity index is 2.19. The van der Waals surface area contributed by atoms with Gasteiger partial charge in [0.05, 0.1) is 28.4 Å². The van der Waals surface area contributed by atoms with E-state index < -0.39 is 0 Å². The fourth-order valence-corrected chi connectivity index (χ4v) is 3.64. The van der Waals surface area contributed by atoms with E-state index >= 15 is 0 Å². The molecular weight excluding hydrogens is 332 g/mol. The summed E-state index contributed by atoms with van der Waals surface area (Å²) in [5.41, 5.74) is 3.13. The third kappa shape index (κ3) is 3.21. The lowest BCUT2D eigenvalue weighted by Crippen LogP contribution is -2.08. The number of benzene rings is 2. The van der Waals surface area contributed by atoms with Crippen molar-refractivity contribution >= 4 is 5.78 Å². The lowest BCUT2D eigenvalue weighted by molar-refractivity contribution is -0.119. The first-order chi connectivity index (χ1) is 12.6. The second-order valence-electron chi connectivity index (χ2n) is 6.28. The standard InChI is InChI=1S/C21H24O5/c1-23-15-8-5-13(6-9-15)17-11-14(22)7-10-16-18(17)12-19(24-2)21(26-4)20(16)25-3/h5-6,8-9,12,17H,7,10-11H2,1-4H3. The Labute approximate surface area is 153 Å². The van der Waals surface area contributed by atoms with Crippen molar-refractivity contribution in [3.63, 3.8) is 0 Å². The molecule has 0 aliphatic heterocycles. The van der Waals surface area contributed by atoms with Crippen molar-refractivity contribution in [2.75, 3.05) is 28.4 Å². The van der Waals surface area contributed by atoms with E-state index in [0.717, 1.165) is 22.4 Å². The molecule has 0 bridgehead atoms. The molecular formula is C21H24O5. The van der Waals surface area contributed by atoms with Gasteiger partial charge in [-0.15, -0.1) is 0 Å². The number of rotatable bonds is 5. The van der Waals surface area contributed by atoms with Crippen LogP contribution in [0.2, 0.25) is 0 Å². The Hall–Kier alpha value is -2.69. The molecule has 0 aromatic heterocycles. The van der Waals surface area contributed by atoms with Gasteiger partial charge in [0.2, 0.25) is 5.75 Å². The molecule has 26 heavy (non-hydrogen) atoms. The normalized spacial score (nSPS) is 16.5. The minimum atomic E-state index is -0.0559. The molecule has 2 aromatic rings. The Kier molecular flexibility index (Phi) is 5.35. The molecule has 138 valence electrons. The number of fused-ring (bicyclic) bond motifs is 1. The molecule has 1 aliphatic carbocycles. The Morgan fingerprint density at radius 1 is 0.846 bits per heavy atom. The van der Waals surface area contributed by atoms with Crippen LogP contribution in [0.1, 0.15) is 35.4 Å². The van der Waals surface area contributed by atoms with Crippen LogP contribution in [0.5, 0.6) is 23.0 Å². The topological polar surface area (TPSA) is 54.0 Å². The van der Waals surface area contributed by atoms with Crippen molar-refractivity contribution in [2.45, 2.75) is 25.2 Å². The maximum atomic E-state index is 12.4. The van der Waals surface area contributed by atoms with Crippen LogP contribution in [0.25, 0.3) is 0 Å². The summed E-state index contributed by atoms with van der Waals surface area (Å²) < 4.78 is 21.9. The van der Waals surface area contributed by atoms with Gasteiger partial charge in [0, 0.05) is 24.3 Å². The van der Waals surface area contributed by atoms with Gasteiger partial charge in [0.1, 0.15) is 11.5 Å². The van der Waals surface area contributed by atoms with Gasteiger partial charge in [-0.1, -0.05) is 12.1 Å². The van der Waals surface area contributed by atoms with Gasteiger partial charge < -0.3 is 18.9 Å². The molecule has 5 heteroatoms. The van der Waals surface area contributed by atoms with E-state index in [2.05, 4.69) is 0 Å². The van der Waals surface area contributed by atoms with E-state index in [1.165, 1.54) is 0 Å². The number of ether oxygens (including phenoxy) is 4. The highest BCUT2D eigenvalue weighted by Gasteiger charge is 2.30. The predicted octanol–water partition coefficient (Wildman–Crippen LogP) is 3.76. The SMILES string of the molecule is COc1ccc(C2CC(=O)CCc3c2cc(OC)c(OC)c3OC)cc1. The number of hydrogen-bond acceptors (Lipinski definition) is 5. The summed E-state index contributed by atoms with van der Waals surface area (Å²) in [6, 6.07) is 9.83. The zero-order valence-electron chi connectivity index (χ0n) is 15.6. The molecule has 1 atom stereocenters. The van der Waals surface area contributed by atoms with Crippen LogP contribution in [0.4, 0.5) is 0 Å². The molecule has 2 aromatic carbocycles. The lowest BCUT2D eigenvalue weighted by Gasteiger charge is -2.23. The molecule has 1 unspecified atom stereocenters. The smallest absolute Gasteiger partial charge is 0.203 e. The Bertz CT molecular complexity index is 795. The molecule has 0 heterocycles. The van der Waals surface area contributed by atoms with Crippen LogP contribution in [0, 0.1) is 0 Å². The van der Waals surface area contributed by atoms with E-state index in [1.807, 2.05) is 30.3 Å². The van der Waals surface area contributed by atoms with E-state index in [4.69, 9.17) is 18.9 Å². The van der Waals surface area contributed by atoms with E-state index in [1.54, 1.807) is 28.4 Å². The van der Waals surface area contributed by atoms with Crippen molar-refractivity contribution in [2.24, 2.45) is 0 Å². The van der Waals surface area contributed by atoms with Crippen molar-refractivity contribution in [1.29, 1.82) is 0 Å². The second-order valence-corrected chi connectivity index (χ2v) is 6.28. The first kappa shape index (κ1) is 18.1. The maximum Gasteiger partial charge on any atom is 0.203 e. The van der Waals surface area contributed by atoms with Crippen molar-refractivity contribution in [1.82, 2.24) is 0 Å². The van der Waals surface area contributed by atoms with Crippen molar-refractivity contribution in [3.8, 4) is 23.0 Å². The highest BCUT2D eigenvalue weighted by Crippen LogP contribution is 2.47. The van der Waals surface area contributed by atoms with Crippen LogP contribution < -0.4 is 18.9 Å². The van der Waals surface area contributed by atoms with Crippen LogP contribution in [-0.2, 0) is 11.2 Å². The summed E-state index contributed by atoms with van der Waals surface area (Å²) >= 11 is 0. The van der Waals surface area contributed by atoms with Gasteiger partial charge in [-0.05, 0) is 35.7 Å². The van der Waals surface area contributed by atoms with Crippen molar-refractivity contribution < 1.29 is 23.7 Å². The molecule has 3 rings (SSSR count). The van der Waals surface area contributed by atoms with Gasteiger partial charge in [-0.3, -0.25) is 4.79 Å². The number of carbonyl (C=O) groups is 1. The summed E-state index contributed by atoms with van der Waals surface area (Å²) in [6.07, 6.45) is 1.58. The largest absolute Gasteiger partial charge is 0.497 e. The highest BCUT2D eigenvalue weighted by atomic mass is 16.5. The third-order valence-corrected chi connectivity index (χ3v) is 4.95. The van der Waals surface area contributed by atoms with Gasteiger partial charge >= 0.3 is 0 Å². The molecule has 5 nitrogen and oxygen atoms in total. The number of methoxy groups -OCH3 is 4. The molecule has 0 radical (unpaired) electrons. The zero-order chi connectivity index (χ0) is 18.7. The zero-order valence-corrected chi connectivity index (χ0v) is 15.6. The first-order valence-corrected chi connectivity index (χ1v) is 8.60. The minimum Gasteiger partial charge on any atom is -0.497 e. The molecule has 0 fully saturated rings. The van der Waals surface area contributed by atoms with Crippen LogP contribution in [-0.4, -0.2) is 34.2 Å². The average Bonchev–Trinajstić information content (AvgIpc) is 2.85. The molecule has 0 spiro atoms. The van der Waals surface area contributed by atoms with E-state index in [9.17, 15) is 4.79 Å². The van der Waals surface area contributed by atoms with E-state index in [0.29, 0.717) is 36.5 Å². The number of ketones is 1. The summed E-state index contributed by atoms with van der Waals surface area (Å²) in [5.74, 6) is 2.79. The number of hydrogen-bond donors (Lipinski definition) is 0. The summed E-state index contributed by atoms with van der Waals surface area (Å²) in [7, 11) is 6.46. The van der Waals surface area contributed by atoms with Gasteiger partial charge in [-0.2, -0.15) is 0 Å². The van der Waals surface area contributed by atoms with Gasteiger partial charge in [0.15, 0.2) is 11.5 Å². The summed E-state index contributed by atoms with van der Waals surface area (Å²) in [4.78, 5) is 12.4. The lowest BCUT2D eigenvalue weighted by atomic mass is 9.85. The fourth-order valence-electron chi connectivity index (χ4n) is 3.64.